The highest BCUT2D eigenvalue weighted by molar-refractivity contribution is 9.09. The van der Waals surface area contributed by atoms with Crippen molar-refractivity contribution in [3.63, 3.8) is 0 Å². The maximum absolute atomic E-state index is 11.5. The number of halogens is 1. The van der Waals surface area contributed by atoms with E-state index in [1.165, 1.54) is 19.3 Å². The Hall–Kier alpha value is -0.130. The molecule has 18 heavy (non-hydrogen) atoms. The van der Waals surface area contributed by atoms with Crippen molar-refractivity contribution in [1.29, 1.82) is 0 Å². The lowest BCUT2D eigenvalue weighted by atomic mass is 10.1. The molecule has 0 aliphatic carbocycles. The highest BCUT2D eigenvalue weighted by atomic mass is 79.9. The number of nitrogens with one attached hydrogen (secondary N) is 1. The van der Waals surface area contributed by atoms with E-state index in [4.69, 9.17) is 9.57 Å². The van der Waals surface area contributed by atoms with Gasteiger partial charge >= 0.3 is 0 Å². The van der Waals surface area contributed by atoms with Gasteiger partial charge in [-0.1, -0.05) is 35.2 Å². The summed E-state index contributed by atoms with van der Waals surface area (Å²) in [5, 5.41) is 1.07. The first-order chi connectivity index (χ1) is 8.83. The second-order valence-corrected chi connectivity index (χ2v) is 5.44. The molecule has 1 atom stereocenters. The molecule has 0 radical (unpaired) electrons. The minimum absolute atomic E-state index is 0.0373. The molecule has 106 valence electrons. The number of unbranched alkanes of at least 4 members (excludes halogenated alkanes) is 4. The van der Waals surface area contributed by atoms with E-state index in [-0.39, 0.29) is 12.2 Å². The van der Waals surface area contributed by atoms with Crippen molar-refractivity contribution < 1.29 is 14.4 Å². The molecule has 0 saturated carbocycles. The number of carbonyl (C=O) groups excluding carboxylic acids is 1. The summed E-state index contributed by atoms with van der Waals surface area (Å²) in [6, 6.07) is 0. The maximum Gasteiger partial charge on any atom is 0.243 e. The first kappa shape index (κ1) is 15.9. The predicted octanol–water partition coefficient (Wildman–Crippen LogP) is 3.30. The summed E-state index contributed by atoms with van der Waals surface area (Å²) in [6.45, 7) is 0.730. The lowest BCUT2D eigenvalue weighted by Crippen LogP contribution is -2.32. The van der Waals surface area contributed by atoms with Crippen molar-refractivity contribution in [1.82, 2.24) is 5.48 Å². The summed E-state index contributed by atoms with van der Waals surface area (Å²) in [6.07, 6.45) is 9.05. The van der Waals surface area contributed by atoms with E-state index < -0.39 is 0 Å². The Kier molecular flexibility index (Phi) is 9.52. The van der Waals surface area contributed by atoms with Crippen LogP contribution in [0.5, 0.6) is 0 Å². The van der Waals surface area contributed by atoms with Gasteiger partial charge in [-0.15, -0.1) is 0 Å². The number of rotatable bonds is 9. The van der Waals surface area contributed by atoms with Crippen molar-refractivity contribution in [2.24, 2.45) is 0 Å². The third-order valence-corrected chi connectivity index (χ3v) is 3.54. The van der Waals surface area contributed by atoms with E-state index in [2.05, 4.69) is 21.4 Å². The van der Waals surface area contributed by atoms with E-state index in [1.54, 1.807) is 0 Å². The zero-order valence-corrected chi connectivity index (χ0v) is 12.5. The molecule has 1 unspecified atom stereocenters. The van der Waals surface area contributed by atoms with Gasteiger partial charge in [0.25, 0.3) is 0 Å². The quantitative estimate of drug-likeness (QED) is 0.402. The lowest BCUT2D eigenvalue weighted by molar-refractivity contribution is -0.200. The molecule has 1 saturated heterocycles. The molecule has 5 heteroatoms. The SMILES string of the molecule is O=C(CCCCCCCBr)NOC1CCCCO1. The van der Waals surface area contributed by atoms with Crippen LogP contribution < -0.4 is 5.48 Å². The fourth-order valence-corrected chi connectivity index (χ4v) is 2.29. The second kappa shape index (κ2) is 10.8. The zero-order valence-electron chi connectivity index (χ0n) is 11.0. The topological polar surface area (TPSA) is 47.6 Å². The fraction of sp³-hybridized carbons (Fsp3) is 0.923. The molecular weight excluding hydrogens is 298 g/mol. The van der Waals surface area contributed by atoms with Crippen LogP contribution in [0.2, 0.25) is 0 Å². The van der Waals surface area contributed by atoms with Crippen molar-refractivity contribution in [2.45, 2.75) is 64.1 Å². The van der Waals surface area contributed by atoms with Crippen LogP contribution in [0.3, 0.4) is 0 Å². The molecule has 1 rings (SSSR count). The smallest absolute Gasteiger partial charge is 0.243 e. The lowest BCUT2D eigenvalue weighted by Gasteiger charge is -2.22. The summed E-state index contributed by atoms with van der Waals surface area (Å²) in [4.78, 5) is 16.7. The van der Waals surface area contributed by atoms with Gasteiger partial charge in [0, 0.05) is 24.8 Å². The van der Waals surface area contributed by atoms with Crippen molar-refractivity contribution in [2.75, 3.05) is 11.9 Å². The van der Waals surface area contributed by atoms with Gasteiger partial charge < -0.3 is 4.74 Å². The van der Waals surface area contributed by atoms with Crippen LogP contribution in [0, 0.1) is 0 Å². The number of hydrogen-bond donors (Lipinski definition) is 1. The molecule has 1 amide bonds. The van der Waals surface area contributed by atoms with Gasteiger partial charge in [0.15, 0.2) is 6.29 Å². The third-order valence-electron chi connectivity index (χ3n) is 2.98. The summed E-state index contributed by atoms with van der Waals surface area (Å²) in [7, 11) is 0. The summed E-state index contributed by atoms with van der Waals surface area (Å²) >= 11 is 3.41. The molecule has 1 aliphatic heterocycles. The molecule has 0 aromatic carbocycles. The molecule has 0 bridgehead atoms. The third kappa shape index (κ3) is 8.06. The van der Waals surface area contributed by atoms with Gasteiger partial charge in [-0.25, -0.2) is 10.3 Å². The summed E-state index contributed by atoms with van der Waals surface area (Å²) in [5.41, 5.74) is 2.48. The number of carbonyl (C=O) groups is 1. The van der Waals surface area contributed by atoms with Gasteiger partial charge in [0.05, 0.1) is 0 Å². The maximum atomic E-state index is 11.5. The second-order valence-electron chi connectivity index (χ2n) is 4.65. The van der Waals surface area contributed by atoms with E-state index in [0.717, 1.165) is 44.0 Å². The number of ether oxygens (including phenoxy) is 1. The molecule has 0 aromatic heterocycles. The Morgan fingerprint density at radius 3 is 2.72 bits per heavy atom. The minimum atomic E-state index is -0.248. The van der Waals surface area contributed by atoms with Crippen LogP contribution in [0.1, 0.15) is 57.8 Å². The largest absolute Gasteiger partial charge is 0.350 e. The summed E-state index contributed by atoms with van der Waals surface area (Å²) < 4.78 is 5.36. The van der Waals surface area contributed by atoms with Gasteiger partial charge in [0.1, 0.15) is 0 Å². The van der Waals surface area contributed by atoms with E-state index in [9.17, 15) is 4.79 Å². The minimum Gasteiger partial charge on any atom is -0.350 e. The zero-order chi connectivity index (χ0) is 13.1. The van der Waals surface area contributed by atoms with Crippen molar-refractivity contribution >= 4 is 21.8 Å². The molecular formula is C13H24BrNO3. The van der Waals surface area contributed by atoms with Crippen LogP contribution in [-0.2, 0) is 14.4 Å². The molecule has 1 N–H and O–H groups in total. The molecule has 1 fully saturated rings. The van der Waals surface area contributed by atoms with Gasteiger partial charge in [-0.2, -0.15) is 0 Å². The molecule has 1 aliphatic rings. The van der Waals surface area contributed by atoms with E-state index in [0.29, 0.717) is 6.42 Å². The Bertz CT molecular complexity index is 220. The fourth-order valence-electron chi connectivity index (χ4n) is 1.90. The molecule has 4 nitrogen and oxygen atoms in total. The Morgan fingerprint density at radius 2 is 2.00 bits per heavy atom. The van der Waals surface area contributed by atoms with Gasteiger partial charge in [-0.05, 0) is 25.7 Å². The van der Waals surface area contributed by atoms with Crippen LogP contribution in [0.4, 0.5) is 0 Å². The molecule has 0 aromatic rings. The van der Waals surface area contributed by atoms with E-state index in [1.807, 2.05) is 0 Å². The van der Waals surface area contributed by atoms with Crippen LogP contribution in [0.25, 0.3) is 0 Å². The molecule has 1 heterocycles. The van der Waals surface area contributed by atoms with Crippen LogP contribution >= 0.6 is 15.9 Å². The standard InChI is InChI=1S/C13H24BrNO3/c14-10-6-3-1-2-4-8-12(16)15-18-13-9-5-7-11-17-13/h13H,1-11H2,(H,15,16). The Balaban J connectivity index is 1.90. The van der Waals surface area contributed by atoms with E-state index >= 15 is 0 Å². The van der Waals surface area contributed by atoms with Crippen molar-refractivity contribution in [3.8, 4) is 0 Å². The highest BCUT2D eigenvalue weighted by Gasteiger charge is 2.15. The normalized spacial score (nSPS) is 19.7. The first-order valence-corrected chi connectivity index (χ1v) is 8.07. The average molecular weight is 322 g/mol. The first-order valence-electron chi connectivity index (χ1n) is 6.95. The van der Waals surface area contributed by atoms with Crippen molar-refractivity contribution in [3.05, 3.63) is 0 Å². The number of hydrogen-bond acceptors (Lipinski definition) is 3. The van der Waals surface area contributed by atoms with Crippen LogP contribution in [-0.4, -0.2) is 24.1 Å². The number of alkyl halides is 1. The number of amides is 1. The Labute approximate surface area is 118 Å². The summed E-state index contributed by atoms with van der Waals surface area (Å²) in [5.74, 6) is -0.0373. The van der Waals surface area contributed by atoms with Gasteiger partial charge in [-0.3, -0.25) is 4.79 Å². The van der Waals surface area contributed by atoms with Crippen LogP contribution in [0.15, 0.2) is 0 Å². The monoisotopic (exact) mass is 321 g/mol. The average Bonchev–Trinajstić information content (AvgIpc) is 2.41. The molecule has 0 spiro atoms. The predicted molar refractivity (Wildman–Crippen MR) is 74.3 cm³/mol. The number of hydroxylamine groups is 1. The Morgan fingerprint density at radius 1 is 1.22 bits per heavy atom. The highest BCUT2D eigenvalue weighted by Crippen LogP contribution is 2.12. The van der Waals surface area contributed by atoms with Gasteiger partial charge in [0.2, 0.25) is 5.91 Å².